The maximum Gasteiger partial charge on any atom is 0.123 e. The normalized spacial score (nSPS) is 23.2. The van der Waals surface area contributed by atoms with Crippen molar-refractivity contribution in [2.75, 3.05) is 4.90 Å². The fourth-order valence-electron chi connectivity index (χ4n) is 13.2. The van der Waals surface area contributed by atoms with Gasteiger partial charge in [-0.2, -0.15) is 0 Å². The van der Waals surface area contributed by atoms with Gasteiger partial charge in [0, 0.05) is 27.9 Å². The third kappa shape index (κ3) is 5.42. The highest BCUT2D eigenvalue weighted by atomic mass is 19.1. The molecule has 0 aromatic heterocycles. The van der Waals surface area contributed by atoms with E-state index < -0.39 is 0 Å². The van der Waals surface area contributed by atoms with Crippen LogP contribution in [-0.2, 0) is 16.2 Å². The summed E-state index contributed by atoms with van der Waals surface area (Å²) in [6, 6.07) is 55.5. The molecule has 0 spiro atoms. The lowest BCUT2D eigenvalue weighted by Crippen LogP contribution is -2.48. The van der Waals surface area contributed by atoms with Gasteiger partial charge in [-0.05, 0) is 189 Å². The molecule has 0 N–H and O–H groups in total. The van der Waals surface area contributed by atoms with Gasteiger partial charge in [0.2, 0.25) is 0 Å². The number of halogens is 1. The first-order chi connectivity index (χ1) is 29.0. The first-order valence-electron chi connectivity index (χ1n) is 22.4. The highest BCUT2D eigenvalue weighted by molar-refractivity contribution is 5.89. The second-order valence-corrected chi connectivity index (χ2v) is 20.2. The second-order valence-electron chi connectivity index (χ2n) is 20.2. The number of fused-ring (bicyclic) bond motifs is 6. The molecule has 0 aliphatic heterocycles. The minimum Gasteiger partial charge on any atom is -0.310 e. The average molecular weight is 782 g/mol. The largest absolute Gasteiger partial charge is 0.310 e. The van der Waals surface area contributed by atoms with Crippen molar-refractivity contribution in [3.63, 3.8) is 0 Å². The first-order valence-corrected chi connectivity index (χ1v) is 22.4. The zero-order chi connectivity index (χ0) is 40.5. The Kier molecular flexibility index (Phi) is 7.76. The minimum atomic E-state index is -0.220. The molecule has 1 nitrogen and oxygen atoms in total. The van der Waals surface area contributed by atoms with Gasteiger partial charge in [0.05, 0.1) is 0 Å². The smallest absolute Gasteiger partial charge is 0.123 e. The van der Waals surface area contributed by atoms with Crippen LogP contribution in [0.2, 0.25) is 0 Å². The third-order valence-corrected chi connectivity index (χ3v) is 15.9. The lowest BCUT2D eigenvalue weighted by Gasteiger charge is -2.57. The zero-order valence-corrected chi connectivity index (χ0v) is 35.2. The molecule has 0 unspecified atom stereocenters. The van der Waals surface area contributed by atoms with E-state index in [4.69, 9.17) is 0 Å². The Labute approximate surface area is 355 Å². The van der Waals surface area contributed by atoms with E-state index >= 15 is 0 Å². The van der Waals surface area contributed by atoms with Crippen molar-refractivity contribution in [2.24, 2.45) is 17.8 Å². The highest BCUT2D eigenvalue weighted by Gasteiger charge is 2.51. The van der Waals surface area contributed by atoms with E-state index in [1.54, 1.807) is 5.56 Å². The quantitative estimate of drug-likeness (QED) is 0.162. The lowest BCUT2D eigenvalue weighted by molar-refractivity contribution is -0.00518. The Morgan fingerprint density at radius 3 is 1.42 bits per heavy atom. The second kappa shape index (κ2) is 12.9. The van der Waals surface area contributed by atoms with Crippen molar-refractivity contribution < 1.29 is 4.39 Å². The minimum absolute atomic E-state index is 0.117. The number of hydrogen-bond acceptors (Lipinski definition) is 1. The highest BCUT2D eigenvalue weighted by Crippen LogP contribution is 2.61. The van der Waals surface area contributed by atoms with Crippen LogP contribution in [0.1, 0.15) is 94.0 Å². The maximum atomic E-state index is 13.8. The van der Waals surface area contributed by atoms with Crippen LogP contribution in [0, 0.1) is 23.6 Å². The molecule has 7 aromatic rings. The Bertz CT molecular complexity index is 2810. The molecule has 4 bridgehead atoms. The number of benzene rings is 7. The summed E-state index contributed by atoms with van der Waals surface area (Å²) in [7, 11) is 0. The van der Waals surface area contributed by atoms with Gasteiger partial charge in [-0.25, -0.2) is 4.39 Å². The summed E-state index contributed by atoms with van der Waals surface area (Å²) in [5.41, 5.74) is 20.5. The van der Waals surface area contributed by atoms with E-state index in [0.29, 0.717) is 5.41 Å². The average Bonchev–Trinajstić information content (AvgIpc) is 3.62. The molecule has 4 fully saturated rings. The van der Waals surface area contributed by atoms with Gasteiger partial charge in [0.25, 0.3) is 0 Å². The lowest BCUT2D eigenvalue weighted by atomic mass is 9.48. The van der Waals surface area contributed by atoms with E-state index in [2.05, 4.69) is 160 Å². The number of nitrogens with zero attached hydrogens (tertiary/aromatic N) is 1. The van der Waals surface area contributed by atoms with Crippen molar-refractivity contribution >= 4 is 17.1 Å². The summed E-state index contributed by atoms with van der Waals surface area (Å²) in [5, 5.41) is 0. The molecular weight excluding hydrogens is 730 g/mol. The van der Waals surface area contributed by atoms with Crippen molar-refractivity contribution in [3.8, 4) is 44.5 Å². The van der Waals surface area contributed by atoms with E-state index in [9.17, 15) is 4.39 Å². The van der Waals surface area contributed by atoms with E-state index in [1.165, 1.54) is 106 Å². The molecule has 7 aromatic carbocycles. The standard InChI is InChI=1S/C58H52FN/c1-56(2)52-8-6-5-7-48(52)50-25-22-46(31-54(50)56)60(45-20-13-40(14-21-45)39-11-18-44(59)19-12-39)47-23-26-51-49-24-15-42(30-53(49)57(3,4)55(51)32-47)41-9-16-43(17-10-41)58-33-36-27-37(34-58)29-38(28-36)35-58/h5-26,30-32,36-38H,27-29,33-35H2,1-4H3. The van der Waals surface area contributed by atoms with Gasteiger partial charge in [-0.15, -0.1) is 0 Å². The van der Waals surface area contributed by atoms with Crippen LogP contribution in [-0.4, -0.2) is 0 Å². The molecule has 6 aliphatic carbocycles. The molecule has 0 heterocycles. The van der Waals surface area contributed by atoms with Crippen LogP contribution in [0.3, 0.4) is 0 Å². The van der Waals surface area contributed by atoms with Crippen molar-refractivity contribution in [2.45, 2.75) is 82.5 Å². The van der Waals surface area contributed by atoms with Crippen molar-refractivity contribution in [1.29, 1.82) is 0 Å². The predicted molar refractivity (Wildman–Crippen MR) is 247 cm³/mol. The molecule has 0 radical (unpaired) electrons. The van der Waals surface area contributed by atoms with Gasteiger partial charge in [-0.1, -0.05) is 125 Å². The van der Waals surface area contributed by atoms with E-state index in [1.807, 2.05) is 12.1 Å². The van der Waals surface area contributed by atoms with Crippen molar-refractivity contribution in [3.05, 3.63) is 185 Å². The fraction of sp³-hybridized carbons (Fsp3) is 0.276. The zero-order valence-electron chi connectivity index (χ0n) is 35.2. The summed E-state index contributed by atoms with van der Waals surface area (Å²) in [6.45, 7) is 9.51. The van der Waals surface area contributed by atoms with Gasteiger partial charge in [0.1, 0.15) is 5.82 Å². The number of anilines is 3. The summed E-state index contributed by atoms with van der Waals surface area (Å²) in [4.78, 5) is 2.42. The first kappa shape index (κ1) is 36.1. The molecule has 60 heavy (non-hydrogen) atoms. The Morgan fingerprint density at radius 1 is 0.417 bits per heavy atom. The molecule has 4 saturated carbocycles. The molecule has 2 heteroatoms. The Balaban J connectivity index is 0.911. The van der Waals surface area contributed by atoms with Crippen LogP contribution in [0.25, 0.3) is 44.5 Å². The molecule has 0 amide bonds. The molecule has 6 aliphatic rings. The van der Waals surface area contributed by atoms with E-state index in [0.717, 1.165) is 45.9 Å². The summed E-state index contributed by atoms with van der Waals surface area (Å²) in [5.74, 6) is 2.64. The topological polar surface area (TPSA) is 3.24 Å². The molecular formula is C58H52FN. The van der Waals surface area contributed by atoms with Crippen LogP contribution in [0.5, 0.6) is 0 Å². The number of rotatable bonds is 6. The van der Waals surface area contributed by atoms with Gasteiger partial charge < -0.3 is 4.90 Å². The van der Waals surface area contributed by atoms with Gasteiger partial charge in [-0.3, -0.25) is 0 Å². The van der Waals surface area contributed by atoms with Crippen LogP contribution in [0.4, 0.5) is 21.5 Å². The van der Waals surface area contributed by atoms with Gasteiger partial charge >= 0.3 is 0 Å². The maximum absolute atomic E-state index is 13.8. The Hall–Kier alpha value is -5.73. The number of hydrogen-bond donors (Lipinski definition) is 0. The van der Waals surface area contributed by atoms with Crippen LogP contribution < -0.4 is 4.90 Å². The summed E-state index contributed by atoms with van der Waals surface area (Å²) >= 11 is 0. The van der Waals surface area contributed by atoms with E-state index in [-0.39, 0.29) is 16.6 Å². The summed E-state index contributed by atoms with van der Waals surface area (Å²) in [6.07, 6.45) is 8.67. The molecule has 0 atom stereocenters. The third-order valence-electron chi connectivity index (χ3n) is 15.9. The fourth-order valence-corrected chi connectivity index (χ4v) is 13.2. The summed E-state index contributed by atoms with van der Waals surface area (Å²) < 4.78 is 13.8. The van der Waals surface area contributed by atoms with Crippen LogP contribution >= 0.6 is 0 Å². The Morgan fingerprint density at radius 2 is 0.833 bits per heavy atom. The molecule has 0 saturated heterocycles. The monoisotopic (exact) mass is 781 g/mol. The molecule has 13 rings (SSSR count). The predicted octanol–water partition coefficient (Wildman–Crippen LogP) is 15.7. The van der Waals surface area contributed by atoms with Gasteiger partial charge in [0.15, 0.2) is 0 Å². The van der Waals surface area contributed by atoms with Crippen LogP contribution in [0.15, 0.2) is 152 Å². The SMILES string of the molecule is CC1(C)c2ccccc2-c2ccc(N(c3ccc(-c4ccc(F)cc4)cc3)c3ccc4c(c3)C(C)(C)c3cc(-c5ccc(C67CC8CC(CC(C8)C6)C7)cc5)ccc3-4)cc21. The van der Waals surface area contributed by atoms with Crippen molar-refractivity contribution in [1.82, 2.24) is 0 Å². The molecule has 296 valence electrons.